The maximum atomic E-state index is 5.96. The van der Waals surface area contributed by atoms with Gasteiger partial charge in [-0.1, -0.05) is 23.7 Å². The molecule has 0 spiro atoms. The number of nitrogens with zero attached hydrogens (tertiary/aromatic N) is 1. The van der Waals surface area contributed by atoms with Gasteiger partial charge in [-0.3, -0.25) is 4.90 Å². The highest BCUT2D eigenvalue weighted by atomic mass is 35.5. The first-order valence-corrected chi connectivity index (χ1v) is 7.56. The summed E-state index contributed by atoms with van der Waals surface area (Å²) in [4.78, 5) is 3.65. The molecule has 0 radical (unpaired) electrons. The van der Waals surface area contributed by atoms with Gasteiger partial charge < -0.3 is 5.73 Å². The standard InChI is InChI=1S/C15H19ClN2S/c1-11-7-8-19-15(11)14(9-17)18(2)10-12-3-5-13(16)6-4-12/h3-8,14H,9-10,17H2,1-2H3. The van der Waals surface area contributed by atoms with Crippen molar-refractivity contribution in [3.8, 4) is 0 Å². The number of rotatable bonds is 5. The second-order valence-corrected chi connectivity index (χ2v) is 6.15. The number of likely N-dealkylation sites (N-methyl/N-ethyl adjacent to an activating group) is 1. The van der Waals surface area contributed by atoms with Crippen LogP contribution in [0.1, 0.15) is 22.0 Å². The third-order valence-corrected chi connectivity index (χ3v) is 4.68. The van der Waals surface area contributed by atoms with Gasteiger partial charge in [-0.15, -0.1) is 11.3 Å². The summed E-state index contributed by atoms with van der Waals surface area (Å²) in [5.74, 6) is 0. The lowest BCUT2D eigenvalue weighted by atomic mass is 10.1. The average molecular weight is 295 g/mol. The SMILES string of the molecule is Cc1ccsc1C(CN)N(C)Cc1ccc(Cl)cc1. The van der Waals surface area contributed by atoms with E-state index in [2.05, 4.69) is 42.5 Å². The molecule has 2 N–H and O–H groups in total. The van der Waals surface area contributed by atoms with E-state index in [-0.39, 0.29) is 6.04 Å². The van der Waals surface area contributed by atoms with Crippen LogP contribution in [0.3, 0.4) is 0 Å². The minimum Gasteiger partial charge on any atom is -0.329 e. The van der Waals surface area contributed by atoms with Crippen molar-refractivity contribution in [1.82, 2.24) is 4.90 Å². The summed E-state index contributed by atoms with van der Waals surface area (Å²) < 4.78 is 0. The van der Waals surface area contributed by atoms with Gasteiger partial charge in [0.1, 0.15) is 0 Å². The molecule has 0 aliphatic rings. The number of halogens is 1. The third kappa shape index (κ3) is 3.57. The first-order valence-electron chi connectivity index (χ1n) is 6.30. The van der Waals surface area contributed by atoms with Crippen molar-refractivity contribution in [2.45, 2.75) is 19.5 Å². The molecule has 4 heteroatoms. The molecular formula is C15H19ClN2S. The molecule has 0 fully saturated rings. The van der Waals surface area contributed by atoms with Crippen LogP contribution in [0.2, 0.25) is 5.02 Å². The largest absolute Gasteiger partial charge is 0.329 e. The first kappa shape index (κ1) is 14.5. The Bertz CT molecular complexity index is 521. The van der Waals surface area contributed by atoms with Crippen molar-refractivity contribution in [2.75, 3.05) is 13.6 Å². The highest BCUT2D eigenvalue weighted by Gasteiger charge is 2.18. The molecule has 2 nitrogen and oxygen atoms in total. The van der Waals surface area contributed by atoms with Crippen molar-refractivity contribution in [3.63, 3.8) is 0 Å². The van der Waals surface area contributed by atoms with Crippen LogP contribution in [0.4, 0.5) is 0 Å². The van der Waals surface area contributed by atoms with Crippen LogP contribution in [0.25, 0.3) is 0 Å². The lowest BCUT2D eigenvalue weighted by Gasteiger charge is -2.27. The van der Waals surface area contributed by atoms with Crippen LogP contribution in [0.5, 0.6) is 0 Å². The summed E-state index contributed by atoms with van der Waals surface area (Å²) in [6.07, 6.45) is 0. The van der Waals surface area contributed by atoms with Gasteiger partial charge in [0.15, 0.2) is 0 Å². The van der Waals surface area contributed by atoms with E-state index in [1.807, 2.05) is 12.1 Å². The lowest BCUT2D eigenvalue weighted by Crippen LogP contribution is -2.30. The Morgan fingerprint density at radius 1 is 1.26 bits per heavy atom. The highest BCUT2D eigenvalue weighted by molar-refractivity contribution is 7.10. The predicted molar refractivity (Wildman–Crippen MR) is 83.8 cm³/mol. The van der Waals surface area contributed by atoms with E-state index in [0.29, 0.717) is 6.54 Å². The molecule has 0 bridgehead atoms. The quantitative estimate of drug-likeness (QED) is 0.908. The van der Waals surface area contributed by atoms with Crippen LogP contribution >= 0.6 is 22.9 Å². The van der Waals surface area contributed by atoms with Crippen molar-refractivity contribution in [2.24, 2.45) is 5.73 Å². The summed E-state index contributed by atoms with van der Waals surface area (Å²) in [5, 5.41) is 2.90. The molecule has 0 aliphatic carbocycles. The second-order valence-electron chi connectivity index (χ2n) is 4.76. The molecule has 2 rings (SSSR count). The number of thiophene rings is 1. The smallest absolute Gasteiger partial charge is 0.0567 e. The van der Waals surface area contributed by atoms with Crippen molar-refractivity contribution < 1.29 is 0 Å². The zero-order chi connectivity index (χ0) is 13.8. The van der Waals surface area contributed by atoms with Crippen LogP contribution in [-0.2, 0) is 6.54 Å². The van der Waals surface area contributed by atoms with Crippen molar-refractivity contribution in [3.05, 3.63) is 56.7 Å². The molecule has 1 unspecified atom stereocenters. The molecule has 19 heavy (non-hydrogen) atoms. The van der Waals surface area contributed by atoms with Gasteiger partial charge in [0.05, 0.1) is 6.04 Å². The molecule has 2 aromatic rings. The summed E-state index contributed by atoms with van der Waals surface area (Å²) in [7, 11) is 2.12. The molecule has 0 aliphatic heterocycles. The number of hydrogen-bond acceptors (Lipinski definition) is 3. The minimum atomic E-state index is 0.274. The predicted octanol–water partition coefficient (Wildman–Crippen LogP) is 3.84. The van der Waals surface area contributed by atoms with Crippen molar-refractivity contribution in [1.29, 1.82) is 0 Å². The lowest BCUT2D eigenvalue weighted by molar-refractivity contribution is 0.244. The number of nitrogens with two attached hydrogens (primary N) is 1. The molecule has 1 aromatic carbocycles. The van der Waals surface area contributed by atoms with E-state index < -0.39 is 0 Å². The number of benzene rings is 1. The van der Waals surface area contributed by atoms with Crippen LogP contribution in [-0.4, -0.2) is 18.5 Å². The fraction of sp³-hybridized carbons (Fsp3) is 0.333. The van der Waals surface area contributed by atoms with Gasteiger partial charge in [0, 0.05) is 23.0 Å². The van der Waals surface area contributed by atoms with E-state index in [0.717, 1.165) is 11.6 Å². The molecular weight excluding hydrogens is 276 g/mol. The number of aryl methyl sites for hydroxylation is 1. The molecule has 0 saturated carbocycles. The van der Waals surface area contributed by atoms with Gasteiger partial charge in [0.25, 0.3) is 0 Å². The molecule has 0 amide bonds. The fourth-order valence-corrected chi connectivity index (χ4v) is 3.43. The van der Waals surface area contributed by atoms with Crippen LogP contribution < -0.4 is 5.73 Å². The molecule has 1 aromatic heterocycles. The van der Waals surface area contributed by atoms with Gasteiger partial charge in [0.2, 0.25) is 0 Å². The van der Waals surface area contributed by atoms with E-state index in [9.17, 15) is 0 Å². The van der Waals surface area contributed by atoms with Gasteiger partial charge in [-0.25, -0.2) is 0 Å². The maximum absolute atomic E-state index is 5.96. The molecule has 0 saturated heterocycles. The Labute approximate surface area is 123 Å². The topological polar surface area (TPSA) is 29.3 Å². The van der Waals surface area contributed by atoms with Gasteiger partial charge in [-0.05, 0) is 48.7 Å². The Morgan fingerprint density at radius 3 is 2.47 bits per heavy atom. The first-order chi connectivity index (χ1) is 9.11. The van der Waals surface area contributed by atoms with E-state index in [1.54, 1.807) is 11.3 Å². The van der Waals surface area contributed by atoms with Crippen LogP contribution in [0.15, 0.2) is 35.7 Å². The monoisotopic (exact) mass is 294 g/mol. The fourth-order valence-electron chi connectivity index (χ4n) is 2.20. The second kappa shape index (κ2) is 6.53. The Kier molecular flexibility index (Phi) is 4.99. The third-order valence-electron chi connectivity index (χ3n) is 3.30. The summed E-state index contributed by atoms with van der Waals surface area (Å²) in [6, 6.07) is 10.4. The Balaban J connectivity index is 2.11. The summed E-state index contributed by atoms with van der Waals surface area (Å²) >= 11 is 7.69. The summed E-state index contributed by atoms with van der Waals surface area (Å²) in [6.45, 7) is 3.65. The van der Waals surface area contributed by atoms with Gasteiger partial charge >= 0.3 is 0 Å². The van der Waals surface area contributed by atoms with E-state index >= 15 is 0 Å². The zero-order valence-electron chi connectivity index (χ0n) is 11.3. The van der Waals surface area contributed by atoms with E-state index in [4.69, 9.17) is 17.3 Å². The van der Waals surface area contributed by atoms with Gasteiger partial charge in [-0.2, -0.15) is 0 Å². The minimum absolute atomic E-state index is 0.274. The van der Waals surface area contributed by atoms with Crippen molar-refractivity contribution >= 4 is 22.9 Å². The zero-order valence-corrected chi connectivity index (χ0v) is 12.8. The maximum Gasteiger partial charge on any atom is 0.0567 e. The van der Waals surface area contributed by atoms with E-state index in [1.165, 1.54) is 16.0 Å². The molecule has 102 valence electrons. The molecule has 1 atom stereocenters. The molecule has 1 heterocycles. The highest BCUT2D eigenvalue weighted by Crippen LogP contribution is 2.28. The Hall–Kier alpha value is -0.870. The number of hydrogen-bond donors (Lipinski definition) is 1. The summed E-state index contributed by atoms with van der Waals surface area (Å²) in [5.41, 5.74) is 8.53. The van der Waals surface area contributed by atoms with Crippen LogP contribution in [0, 0.1) is 6.92 Å². The Morgan fingerprint density at radius 2 is 1.95 bits per heavy atom. The average Bonchev–Trinajstić information content (AvgIpc) is 2.80. The normalized spacial score (nSPS) is 12.9.